The van der Waals surface area contributed by atoms with E-state index in [1.54, 1.807) is 6.20 Å². The van der Waals surface area contributed by atoms with E-state index in [1.165, 1.54) is 18.4 Å². The number of benzene rings is 1. The minimum absolute atomic E-state index is 0.468. The first-order chi connectivity index (χ1) is 8.70. The minimum Gasteiger partial charge on any atom is -0.382 e. The van der Waals surface area contributed by atoms with Gasteiger partial charge in [-0.05, 0) is 25.3 Å². The molecule has 0 amide bonds. The summed E-state index contributed by atoms with van der Waals surface area (Å²) in [5.74, 6) is 0.468. The predicted molar refractivity (Wildman–Crippen MR) is 75.2 cm³/mol. The number of rotatable bonds is 4. The van der Waals surface area contributed by atoms with Gasteiger partial charge in [0.2, 0.25) is 0 Å². The van der Waals surface area contributed by atoms with Crippen LogP contribution in [0, 0.1) is 6.92 Å². The van der Waals surface area contributed by atoms with Gasteiger partial charge in [0, 0.05) is 5.56 Å². The van der Waals surface area contributed by atoms with E-state index in [-0.39, 0.29) is 0 Å². The van der Waals surface area contributed by atoms with Gasteiger partial charge in [-0.15, -0.1) is 0 Å². The van der Waals surface area contributed by atoms with Crippen molar-refractivity contribution in [3.05, 3.63) is 41.7 Å². The maximum Gasteiger partial charge on any atom is 0.142 e. The summed E-state index contributed by atoms with van der Waals surface area (Å²) in [4.78, 5) is 8.59. The fourth-order valence-corrected chi connectivity index (χ4v) is 1.99. The largest absolute Gasteiger partial charge is 0.382 e. The van der Waals surface area contributed by atoms with Gasteiger partial charge >= 0.3 is 0 Å². The van der Waals surface area contributed by atoms with Crippen molar-refractivity contribution in [3.63, 3.8) is 0 Å². The molecule has 0 radical (unpaired) electrons. The second kappa shape index (κ2) is 5.63. The van der Waals surface area contributed by atoms with Crippen molar-refractivity contribution in [3.8, 4) is 11.3 Å². The molecule has 0 unspecified atom stereocenters. The second-order valence-corrected chi connectivity index (χ2v) is 4.53. The second-order valence-electron chi connectivity index (χ2n) is 4.53. The summed E-state index contributed by atoms with van der Waals surface area (Å²) in [6.07, 6.45) is 5.21. The molecule has 0 saturated heterocycles. The van der Waals surface area contributed by atoms with Gasteiger partial charge < -0.3 is 5.73 Å². The molecule has 0 fully saturated rings. The molecule has 2 aromatic rings. The molecule has 2 N–H and O–H groups in total. The third-order valence-electron chi connectivity index (χ3n) is 3.01. The van der Waals surface area contributed by atoms with E-state index in [9.17, 15) is 0 Å². The Labute approximate surface area is 108 Å². The van der Waals surface area contributed by atoms with Crippen LogP contribution in [-0.2, 0) is 6.42 Å². The minimum atomic E-state index is 0.468. The van der Waals surface area contributed by atoms with E-state index in [4.69, 9.17) is 5.73 Å². The molecule has 3 heteroatoms. The van der Waals surface area contributed by atoms with Crippen LogP contribution in [-0.4, -0.2) is 9.97 Å². The molecule has 94 valence electrons. The van der Waals surface area contributed by atoms with Crippen LogP contribution >= 0.6 is 0 Å². The topological polar surface area (TPSA) is 51.8 Å². The first-order valence-corrected chi connectivity index (χ1v) is 6.39. The molecule has 0 aliphatic heterocycles. The Morgan fingerprint density at radius 2 is 1.89 bits per heavy atom. The SMILES string of the molecule is CCCCc1ccc(-c2ncc(N)nc2C)cc1. The summed E-state index contributed by atoms with van der Waals surface area (Å²) in [5.41, 5.74) is 9.87. The van der Waals surface area contributed by atoms with Crippen LogP contribution in [0.15, 0.2) is 30.5 Å². The zero-order valence-corrected chi connectivity index (χ0v) is 11.0. The summed E-state index contributed by atoms with van der Waals surface area (Å²) in [6, 6.07) is 8.56. The summed E-state index contributed by atoms with van der Waals surface area (Å²) in [6.45, 7) is 4.14. The lowest BCUT2D eigenvalue weighted by molar-refractivity contribution is 0.795. The van der Waals surface area contributed by atoms with Gasteiger partial charge in [-0.3, -0.25) is 4.98 Å². The molecule has 0 atom stereocenters. The molecule has 1 heterocycles. The first-order valence-electron chi connectivity index (χ1n) is 6.39. The molecule has 1 aromatic heterocycles. The zero-order chi connectivity index (χ0) is 13.0. The number of aromatic nitrogens is 2. The molecule has 0 aliphatic carbocycles. The van der Waals surface area contributed by atoms with E-state index in [0.717, 1.165) is 23.4 Å². The van der Waals surface area contributed by atoms with Crippen molar-refractivity contribution in [1.82, 2.24) is 9.97 Å². The van der Waals surface area contributed by atoms with Gasteiger partial charge in [0.25, 0.3) is 0 Å². The highest BCUT2D eigenvalue weighted by Gasteiger charge is 2.05. The predicted octanol–water partition coefficient (Wildman–Crippen LogP) is 3.38. The summed E-state index contributed by atoms with van der Waals surface area (Å²) < 4.78 is 0. The van der Waals surface area contributed by atoms with Crippen LogP contribution in [0.2, 0.25) is 0 Å². The van der Waals surface area contributed by atoms with Crippen molar-refractivity contribution < 1.29 is 0 Å². The van der Waals surface area contributed by atoms with Crippen LogP contribution < -0.4 is 5.73 Å². The van der Waals surface area contributed by atoms with E-state index in [2.05, 4.69) is 41.2 Å². The van der Waals surface area contributed by atoms with Gasteiger partial charge in [-0.2, -0.15) is 0 Å². The number of aryl methyl sites for hydroxylation is 2. The third-order valence-corrected chi connectivity index (χ3v) is 3.01. The van der Waals surface area contributed by atoms with Gasteiger partial charge in [0.15, 0.2) is 0 Å². The van der Waals surface area contributed by atoms with E-state index in [0.29, 0.717) is 5.82 Å². The number of nitrogens with two attached hydrogens (primary N) is 1. The molecule has 18 heavy (non-hydrogen) atoms. The Morgan fingerprint density at radius 1 is 1.17 bits per heavy atom. The fourth-order valence-electron chi connectivity index (χ4n) is 1.99. The summed E-state index contributed by atoms with van der Waals surface area (Å²) in [5, 5.41) is 0. The Kier molecular flexibility index (Phi) is 3.92. The molecule has 3 nitrogen and oxygen atoms in total. The number of anilines is 1. The van der Waals surface area contributed by atoms with Gasteiger partial charge in [-0.25, -0.2) is 4.98 Å². The molecule has 0 saturated carbocycles. The normalized spacial score (nSPS) is 10.6. The third kappa shape index (κ3) is 2.86. The van der Waals surface area contributed by atoms with E-state index >= 15 is 0 Å². The summed E-state index contributed by atoms with van der Waals surface area (Å²) in [7, 11) is 0. The van der Waals surface area contributed by atoms with Crippen molar-refractivity contribution in [1.29, 1.82) is 0 Å². The fraction of sp³-hybridized carbons (Fsp3) is 0.333. The maximum atomic E-state index is 5.61. The quantitative estimate of drug-likeness (QED) is 0.892. The number of hydrogen-bond acceptors (Lipinski definition) is 3. The lowest BCUT2D eigenvalue weighted by atomic mass is 10.0. The van der Waals surface area contributed by atoms with Gasteiger partial charge in [0.05, 0.1) is 17.6 Å². The van der Waals surface area contributed by atoms with Crippen molar-refractivity contribution in [2.75, 3.05) is 5.73 Å². The number of nitrogens with zero attached hydrogens (tertiary/aromatic N) is 2. The highest BCUT2D eigenvalue weighted by Crippen LogP contribution is 2.21. The average molecular weight is 241 g/mol. The van der Waals surface area contributed by atoms with Crippen molar-refractivity contribution in [2.45, 2.75) is 33.1 Å². The summed E-state index contributed by atoms with van der Waals surface area (Å²) >= 11 is 0. The van der Waals surface area contributed by atoms with Crippen LogP contribution in [0.25, 0.3) is 11.3 Å². The molecule has 0 aliphatic rings. The molecular formula is C15H19N3. The van der Waals surface area contributed by atoms with Crippen LogP contribution in [0.4, 0.5) is 5.82 Å². The monoisotopic (exact) mass is 241 g/mol. The highest BCUT2D eigenvalue weighted by molar-refractivity contribution is 5.62. The molecule has 1 aromatic carbocycles. The Morgan fingerprint density at radius 3 is 2.50 bits per heavy atom. The number of nitrogen functional groups attached to an aromatic ring is 1. The van der Waals surface area contributed by atoms with Gasteiger partial charge in [-0.1, -0.05) is 37.6 Å². The molecule has 2 rings (SSSR count). The van der Waals surface area contributed by atoms with E-state index in [1.807, 2.05) is 6.92 Å². The maximum absolute atomic E-state index is 5.61. The zero-order valence-electron chi connectivity index (χ0n) is 11.0. The van der Waals surface area contributed by atoms with Crippen LogP contribution in [0.3, 0.4) is 0 Å². The molecular weight excluding hydrogens is 222 g/mol. The standard InChI is InChI=1S/C15H19N3/c1-3-4-5-12-6-8-13(9-7-12)15-11(2)18-14(16)10-17-15/h6-10H,3-5H2,1-2H3,(H2,16,18). The molecule has 0 spiro atoms. The number of unbranched alkanes of at least 4 members (excludes halogenated alkanes) is 1. The van der Waals surface area contributed by atoms with Gasteiger partial charge in [0.1, 0.15) is 5.82 Å². The average Bonchev–Trinajstić information content (AvgIpc) is 2.37. The number of hydrogen-bond donors (Lipinski definition) is 1. The van der Waals surface area contributed by atoms with Crippen molar-refractivity contribution >= 4 is 5.82 Å². The van der Waals surface area contributed by atoms with Crippen LogP contribution in [0.1, 0.15) is 31.0 Å². The lowest BCUT2D eigenvalue weighted by Gasteiger charge is -2.06. The van der Waals surface area contributed by atoms with Crippen LogP contribution in [0.5, 0.6) is 0 Å². The molecule has 0 bridgehead atoms. The Bertz CT molecular complexity index is 518. The lowest BCUT2D eigenvalue weighted by Crippen LogP contribution is -1.97. The van der Waals surface area contributed by atoms with Crippen molar-refractivity contribution in [2.24, 2.45) is 0 Å². The van der Waals surface area contributed by atoms with E-state index < -0.39 is 0 Å². The first kappa shape index (κ1) is 12.6. The highest BCUT2D eigenvalue weighted by atomic mass is 14.9. The Balaban J connectivity index is 2.23. The Hall–Kier alpha value is -1.90. The smallest absolute Gasteiger partial charge is 0.142 e.